The highest BCUT2D eigenvalue weighted by Crippen LogP contribution is 2.39. The van der Waals surface area contributed by atoms with Gasteiger partial charge in [0, 0.05) is 29.8 Å². The number of ether oxygens (including phenoxy) is 2. The Bertz CT molecular complexity index is 1090. The molecule has 1 heterocycles. The zero-order valence-corrected chi connectivity index (χ0v) is 19.6. The van der Waals surface area contributed by atoms with Crippen molar-refractivity contribution in [3.63, 3.8) is 0 Å². The van der Waals surface area contributed by atoms with Crippen molar-refractivity contribution in [2.24, 2.45) is 5.14 Å². The minimum atomic E-state index is -3.59. The molecule has 2 aliphatic rings. The number of fused-ring (bicyclic) bond motifs is 1. The standard InChI is InChI=1S/C24H31N3O5S/c1-16(21-3-2-4-22-23(21)32-13-12-31-22)27-20-10-9-19(15-20)17-5-7-18(8-6-17)24(28)26-11-14-33(25,29)30/h2-8,16,19-20,27H,9-15H2,1H3,(H,26,28)(H2,25,29,30)/t16-,19-,20+/m1/s1. The summed E-state index contributed by atoms with van der Waals surface area (Å²) in [5.41, 5.74) is 2.83. The number of para-hydroxylation sites is 1. The Labute approximate surface area is 194 Å². The van der Waals surface area contributed by atoms with Crippen LogP contribution in [0, 0.1) is 0 Å². The quantitative estimate of drug-likeness (QED) is 0.542. The van der Waals surface area contributed by atoms with Gasteiger partial charge in [-0.2, -0.15) is 0 Å². The molecule has 0 saturated heterocycles. The van der Waals surface area contributed by atoms with Gasteiger partial charge in [0.2, 0.25) is 10.0 Å². The van der Waals surface area contributed by atoms with Crippen molar-refractivity contribution in [2.45, 2.75) is 44.2 Å². The Morgan fingerprint density at radius 3 is 2.64 bits per heavy atom. The fourth-order valence-electron chi connectivity index (χ4n) is 4.63. The van der Waals surface area contributed by atoms with E-state index >= 15 is 0 Å². The molecule has 1 fully saturated rings. The topological polar surface area (TPSA) is 120 Å². The van der Waals surface area contributed by atoms with Gasteiger partial charge in [-0.15, -0.1) is 0 Å². The second-order valence-corrected chi connectivity index (χ2v) is 10.4. The fourth-order valence-corrected chi connectivity index (χ4v) is 5.02. The molecule has 0 bridgehead atoms. The highest BCUT2D eigenvalue weighted by atomic mass is 32.2. The summed E-state index contributed by atoms with van der Waals surface area (Å²) in [6.07, 6.45) is 3.19. The van der Waals surface area contributed by atoms with Gasteiger partial charge in [0.25, 0.3) is 5.91 Å². The highest BCUT2D eigenvalue weighted by molar-refractivity contribution is 7.89. The van der Waals surface area contributed by atoms with Crippen LogP contribution in [0.25, 0.3) is 0 Å². The molecule has 8 nitrogen and oxygen atoms in total. The number of nitrogens with one attached hydrogen (secondary N) is 2. The Morgan fingerprint density at radius 2 is 1.88 bits per heavy atom. The SMILES string of the molecule is C[C@@H](N[C@H]1CC[C@@H](c2ccc(C(=O)NCCS(N)(=O)=O)cc2)C1)c1cccc2c1OCCO2. The average Bonchev–Trinajstić information content (AvgIpc) is 3.26. The van der Waals surface area contributed by atoms with Crippen molar-refractivity contribution in [1.82, 2.24) is 10.6 Å². The summed E-state index contributed by atoms with van der Waals surface area (Å²) in [6.45, 7) is 3.31. The maximum absolute atomic E-state index is 12.2. The molecule has 2 aromatic carbocycles. The Hall–Kier alpha value is -2.62. The summed E-state index contributed by atoms with van der Waals surface area (Å²) in [5.74, 6) is 1.50. The maximum atomic E-state index is 12.2. The highest BCUT2D eigenvalue weighted by Gasteiger charge is 2.28. The van der Waals surface area contributed by atoms with E-state index in [0.717, 1.165) is 36.3 Å². The number of rotatable bonds is 8. The number of hydrogen-bond acceptors (Lipinski definition) is 6. The van der Waals surface area contributed by atoms with Gasteiger partial charge < -0.3 is 20.1 Å². The van der Waals surface area contributed by atoms with E-state index in [4.69, 9.17) is 14.6 Å². The number of primary sulfonamides is 1. The van der Waals surface area contributed by atoms with Gasteiger partial charge in [-0.1, -0.05) is 24.3 Å². The zero-order chi connectivity index (χ0) is 23.4. The molecule has 1 aliphatic heterocycles. The van der Waals surface area contributed by atoms with Crippen molar-refractivity contribution in [2.75, 3.05) is 25.5 Å². The molecule has 0 spiro atoms. The minimum absolute atomic E-state index is 0.00460. The third-order valence-corrected chi connectivity index (χ3v) is 7.07. The first kappa shape index (κ1) is 23.5. The molecular weight excluding hydrogens is 442 g/mol. The molecule has 1 saturated carbocycles. The van der Waals surface area contributed by atoms with Gasteiger partial charge in [0.05, 0.1) is 5.75 Å². The van der Waals surface area contributed by atoms with Crippen LogP contribution < -0.4 is 25.2 Å². The van der Waals surface area contributed by atoms with Crippen molar-refractivity contribution < 1.29 is 22.7 Å². The molecule has 0 unspecified atom stereocenters. The van der Waals surface area contributed by atoms with E-state index in [-0.39, 0.29) is 24.2 Å². The van der Waals surface area contributed by atoms with Crippen LogP contribution in [0.5, 0.6) is 11.5 Å². The molecular formula is C24H31N3O5S. The van der Waals surface area contributed by atoms with Crippen LogP contribution in [-0.4, -0.2) is 45.9 Å². The molecule has 33 heavy (non-hydrogen) atoms. The lowest BCUT2D eigenvalue weighted by molar-refractivity contribution is 0.0956. The van der Waals surface area contributed by atoms with Crippen LogP contribution in [0.4, 0.5) is 0 Å². The van der Waals surface area contributed by atoms with E-state index in [9.17, 15) is 13.2 Å². The predicted molar refractivity (Wildman–Crippen MR) is 126 cm³/mol. The molecule has 1 aliphatic carbocycles. The second-order valence-electron chi connectivity index (χ2n) is 8.71. The van der Waals surface area contributed by atoms with E-state index in [1.54, 1.807) is 12.1 Å². The van der Waals surface area contributed by atoms with Crippen LogP contribution in [-0.2, 0) is 10.0 Å². The van der Waals surface area contributed by atoms with E-state index in [2.05, 4.69) is 23.6 Å². The zero-order valence-electron chi connectivity index (χ0n) is 18.8. The molecule has 0 aromatic heterocycles. The Balaban J connectivity index is 1.31. The largest absolute Gasteiger partial charge is 0.486 e. The van der Waals surface area contributed by atoms with E-state index in [1.807, 2.05) is 24.3 Å². The maximum Gasteiger partial charge on any atom is 0.251 e. The summed E-state index contributed by atoms with van der Waals surface area (Å²) in [4.78, 5) is 12.2. The molecule has 178 valence electrons. The molecule has 4 rings (SSSR count). The van der Waals surface area contributed by atoms with Crippen LogP contribution >= 0.6 is 0 Å². The lowest BCUT2D eigenvalue weighted by atomic mass is 9.96. The number of amides is 1. The number of carbonyl (C=O) groups is 1. The van der Waals surface area contributed by atoms with Gasteiger partial charge in [-0.05, 0) is 55.9 Å². The van der Waals surface area contributed by atoms with Gasteiger partial charge in [-0.3, -0.25) is 4.79 Å². The van der Waals surface area contributed by atoms with Crippen LogP contribution in [0.3, 0.4) is 0 Å². The summed E-state index contributed by atoms with van der Waals surface area (Å²) in [7, 11) is -3.59. The lowest BCUT2D eigenvalue weighted by Gasteiger charge is -2.26. The van der Waals surface area contributed by atoms with E-state index in [1.165, 1.54) is 5.56 Å². The van der Waals surface area contributed by atoms with Crippen molar-refractivity contribution >= 4 is 15.9 Å². The second kappa shape index (κ2) is 10.1. The molecule has 2 aromatic rings. The molecule has 9 heteroatoms. The van der Waals surface area contributed by atoms with Crippen molar-refractivity contribution in [3.8, 4) is 11.5 Å². The summed E-state index contributed by atoms with van der Waals surface area (Å²) < 4.78 is 33.6. The number of sulfonamides is 1. The Kier molecular flexibility index (Phi) is 7.21. The van der Waals surface area contributed by atoms with Gasteiger partial charge in [0.1, 0.15) is 13.2 Å². The third-order valence-electron chi connectivity index (χ3n) is 6.30. The first-order valence-electron chi connectivity index (χ1n) is 11.3. The van der Waals surface area contributed by atoms with Crippen molar-refractivity contribution in [3.05, 3.63) is 59.2 Å². The van der Waals surface area contributed by atoms with E-state index < -0.39 is 10.0 Å². The molecule has 4 N–H and O–H groups in total. The fraction of sp³-hybridized carbons (Fsp3) is 0.458. The summed E-state index contributed by atoms with van der Waals surface area (Å²) in [6, 6.07) is 14.1. The predicted octanol–water partition coefficient (Wildman–Crippen LogP) is 2.46. The monoisotopic (exact) mass is 473 g/mol. The number of carbonyl (C=O) groups excluding carboxylic acids is 1. The first-order chi connectivity index (χ1) is 15.8. The number of nitrogens with two attached hydrogens (primary N) is 1. The van der Waals surface area contributed by atoms with Crippen LogP contribution in [0.1, 0.15) is 59.6 Å². The van der Waals surface area contributed by atoms with Gasteiger partial charge in [0.15, 0.2) is 11.5 Å². The smallest absolute Gasteiger partial charge is 0.251 e. The lowest BCUT2D eigenvalue weighted by Crippen LogP contribution is -2.31. The average molecular weight is 474 g/mol. The van der Waals surface area contributed by atoms with Gasteiger partial charge in [-0.25, -0.2) is 13.6 Å². The molecule has 1 amide bonds. The molecule has 0 radical (unpaired) electrons. The van der Waals surface area contributed by atoms with Crippen LogP contribution in [0.15, 0.2) is 42.5 Å². The van der Waals surface area contributed by atoms with Crippen LogP contribution in [0.2, 0.25) is 0 Å². The van der Waals surface area contributed by atoms with Gasteiger partial charge >= 0.3 is 0 Å². The molecule has 3 atom stereocenters. The number of hydrogen-bond donors (Lipinski definition) is 3. The summed E-state index contributed by atoms with van der Waals surface area (Å²) in [5, 5.41) is 11.3. The minimum Gasteiger partial charge on any atom is -0.486 e. The normalized spacial score (nSPS) is 20.9. The Morgan fingerprint density at radius 1 is 1.12 bits per heavy atom. The summed E-state index contributed by atoms with van der Waals surface area (Å²) >= 11 is 0. The first-order valence-corrected chi connectivity index (χ1v) is 13.0. The van der Waals surface area contributed by atoms with E-state index in [0.29, 0.717) is 30.7 Å². The third kappa shape index (κ3) is 6.04. The van der Waals surface area contributed by atoms with Crippen molar-refractivity contribution in [1.29, 1.82) is 0 Å². The number of benzene rings is 2.